The Morgan fingerprint density at radius 3 is 2.35 bits per heavy atom. The molecule has 0 atom stereocenters. The van der Waals surface area contributed by atoms with E-state index in [0.717, 1.165) is 32.9 Å². The lowest BCUT2D eigenvalue weighted by Crippen LogP contribution is -1.96. The Morgan fingerprint density at radius 1 is 0.826 bits per heavy atom. The van der Waals surface area contributed by atoms with E-state index < -0.39 is 5.24 Å². The molecular weight excluding hydrogens is 306 g/mol. The summed E-state index contributed by atoms with van der Waals surface area (Å²) in [5, 5.41) is 2.55. The minimum absolute atomic E-state index is 0.468. The number of hydrogen-bond donors (Lipinski definition) is 0. The van der Waals surface area contributed by atoms with Gasteiger partial charge in [0.1, 0.15) is 0 Å². The SMILES string of the molecule is O=C(Cl)c1cc(-c2cccc3ccccc23)nc2ccccc12. The molecule has 4 aromatic rings. The van der Waals surface area contributed by atoms with Crippen molar-refractivity contribution in [2.75, 3.05) is 0 Å². The van der Waals surface area contributed by atoms with Gasteiger partial charge in [0.15, 0.2) is 0 Å². The van der Waals surface area contributed by atoms with Gasteiger partial charge >= 0.3 is 0 Å². The van der Waals surface area contributed by atoms with Crippen LogP contribution in [-0.4, -0.2) is 10.2 Å². The minimum atomic E-state index is -0.468. The number of fused-ring (bicyclic) bond motifs is 2. The summed E-state index contributed by atoms with van der Waals surface area (Å²) in [6, 6.07) is 23.5. The highest BCUT2D eigenvalue weighted by molar-refractivity contribution is 6.68. The summed E-state index contributed by atoms with van der Waals surface area (Å²) in [5.74, 6) is 0. The van der Waals surface area contributed by atoms with Gasteiger partial charge in [-0.3, -0.25) is 4.79 Å². The fourth-order valence-electron chi connectivity index (χ4n) is 2.92. The average molecular weight is 318 g/mol. The van der Waals surface area contributed by atoms with E-state index in [-0.39, 0.29) is 0 Å². The molecule has 0 N–H and O–H groups in total. The minimum Gasteiger partial charge on any atom is -0.276 e. The van der Waals surface area contributed by atoms with Crippen LogP contribution in [0.2, 0.25) is 0 Å². The fourth-order valence-corrected chi connectivity index (χ4v) is 3.08. The predicted octanol–water partition coefficient (Wildman–Crippen LogP) is 5.43. The van der Waals surface area contributed by atoms with Crippen molar-refractivity contribution in [1.29, 1.82) is 0 Å². The number of benzene rings is 3. The Hall–Kier alpha value is -2.71. The maximum absolute atomic E-state index is 11.8. The number of rotatable bonds is 2. The van der Waals surface area contributed by atoms with Crippen LogP contribution in [0, 0.1) is 0 Å². The van der Waals surface area contributed by atoms with Crippen molar-refractivity contribution in [3.63, 3.8) is 0 Å². The topological polar surface area (TPSA) is 30.0 Å². The van der Waals surface area contributed by atoms with E-state index in [4.69, 9.17) is 16.6 Å². The van der Waals surface area contributed by atoms with Crippen molar-refractivity contribution in [3.8, 4) is 11.3 Å². The van der Waals surface area contributed by atoms with Gasteiger partial charge in [-0.15, -0.1) is 0 Å². The van der Waals surface area contributed by atoms with Gasteiger partial charge in [-0.1, -0.05) is 60.7 Å². The number of para-hydroxylation sites is 1. The first-order valence-corrected chi connectivity index (χ1v) is 7.69. The van der Waals surface area contributed by atoms with Gasteiger partial charge in [0.2, 0.25) is 0 Å². The molecule has 3 aromatic carbocycles. The zero-order chi connectivity index (χ0) is 15.8. The molecule has 0 saturated heterocycles. The van der Waals surface area contributed by atoms with E-state index in [9.17, 15) is 4.79 Å². The number of hydrogen-bond acceptors (Lipinski definition) is 2. The molecule has 0 unspecified atom stereocenters. The van der Waals surface area contributed by atoms with Crippen LogP contribution in [0.1, 0.15) is 10.4 Å². The van der Waals surface area contributed by atoms with Gasteiger partial charge in [-0.05, 0) is 34.5 Å². The maximum atomic E-state index is 11.8. The number of halogens is 1. The van der Waals surface area contributed by atoms with Crippen molar-refractivity contribution in [3.05, 3.63) is 78.4 Å². The van der Waals surface area contributed by atoms with Crippen LogP contribution in [0.3, 0.4) is 0 Å². The molecule has 23 heavy (non-hydrogen) atoms. The van der Waals surface area contributed by atoms with Gasteiger partial charge in [0.25, 0.3) is 5.24 Å². The van der Waals surface area contributed by atoms with Crippen molar-refractivity contribution in [1.82, 2.24) is 4.98 Å². The molecule has 2 nitrogen and oxygen atoms in total. The molecule has 1 aromatic heterocycles. The van der Waals surface area contributed by atoms with Crippen molar-refractivity contribution in [2.45, 2.75) is 0 Å². The van der Waals surface area contributed by atoms with E-state index in [2.05, 4.69) is 18.2 Å². The fraction of sp³-hybridized carbons (Fsp3) is 0. The largest absolute Gasteiger partial charge is 0.276 e. The van der Waals surface area contributed by atoms with Crippen molar-refractivity contribution in [2.24, 2.45) is 0 Å². The molecule has 4 rings (SSSR count). The zero-order valence-corrected chi connectivity index (χ0v) is 12.9. The number of carbonyl (C=O) groups is 1. The molecule has 0 aliphatic heterocycles. The molecule has 0 aliphatic rings. The van der Waals surface area contributed by atoms with E-state index in [1.807, 2.05) is 48.5 Å². The second-order valence-electron chi connectivity index (χ2n) is 5.37. The van der Waals surface area contributed by atoms with Crippen molar-refractivity contribution < 1.29 is 4.79 Å². The maximum Gasteiger partial charge on any atom is 0.253 e. The normalized spacial score (nSPS) is 11.0. The average Bonchev–Trinajstić information content (AvgIpc) is 2.60. The zero-order valence-electron chi connectivity index (χ0n) is 12.2. The number of carbonyl (C=O) groups excluding carboxylic acids is 1. The number of nitrogens with zero attached hydrogens (tertiary/aromatic N) is 1. The predicted molar refractivity (Wildman–Crippen MR) is 94.9 cm³/mol. The third-order valence-corrected chi connectivity index (χ3v) is 4.20. The van der Waals surface area contributed by atoms with Crippen molar-refractivity contribution >= 4 is 38.5 Å². The summed E-state index contributed by atoms with van der Waals surface area (Å²) >= 11 is 5.79. The summed E-state index contributed by atoms with van der Waals surface area (Å²) in [7, 11) is 0. The lowest BCUT2D eigenvalue weighted by Gasteiger charge is -2.09. The third-order valence-electron chi connectivity index (χ3n) is 3.99. The van der Waals surface area contributed by atoms with Gasteiger partial charge in [-0.2, -0.15) is 0 Å². The Labute approximate surface area is 138 Å². The van der Waals surface area contributed by atoms with E-state index in [0.29, 0.717) is 5.56 Å². The lowest BCUT2D eigenvalue weighted by molar-refractivity contribution is 0.108. The molecule has 0 spiro atoms. The van der Waals surface area contributed by atoms with Crippen LogP contribution in [-0.2, 0) is 0 Å². The van der Waals surface area contributed by atoms with E-state index in [1.54, 1.807) is 6.07 Å². The lowest BCUT2D eigenvalue weighted by atomic mass is 9.99. The van der Waals surface area contributed by atoms with Gasteiger partial charge < -0.3 is 0 Å². The van der Waals surface area contributed by atoms with Crippen LogP contribution in [0.15, 0.2) is 72.8 Å². The first-order valence-electron chi connectivity index (χ1n) is 7.32. The quantitative estimate of drug-likeness (QED) is 0.461. The second kappa shape index (κ2) is 5.49. The van der Waals surface area contributed by atoms with Crippen LogP contribution in [0.4, 0.5) is 0 Å². The Kier molecular flexibility index (Phi) is 3.32. The van der Waals surface area contributed by atoms with Crippen LogP contribution in [0.25, 0.3) is 32.9 Å². The monoisotopic (exact) mass is 317 g/mol. The summed E-state index contributed by atoms with van der Waals surface area (Å²) < 4.78 is 0. The van der Waals surface area contributed by atoms with Crippen LogP contribution >= 0.6 is 11.6 Å². The van der Waals surface area contributed by atoms with E-state index >= 15 is 0 Å². The smallest absolute Gasteiger partial charge is 0.253 e. The highest BCUT2D eigenvalue weighted by atomic mass is 35.5. The molecule has 3 heteroatoms. The second-order valence-corrected chi connectivity index (χ2v) is 5.72. The first kappa shape index (κ1) is 13.9. The Bertz CT molecular complexity index is 1050. The number of pyridine rings is 1. The molecular formula is C20H12ClNO. The summed E-state index contributed by atoms with van der Waals surface area (Å²) in [6.07, 6.45) is 0. The molecule has 0 amide bonds. The summed E-state index contributed by atoms with van der Waals surface area (Å²) in [6.45, 7) is 0. The first-order chi connectivity index (χ1) is 11.2. The molecule has 0 fully saturated rings. The number of aromatic nitrogens is 1. The Morgan fingerprint density at radius 2 is 1.52 bits per heavy atom. The standard InChI is InChI=1S/C20H12ClNO/c21-20(23)17-12-19(22-18-11-4-3-9-16(17)18)15-10-5-7-13-6-1-2-8-14(13)15/h1-12H. The molecule has 0 aliphatic carbocycles. The highest BCUT2D eigenvalue weighted by Gasteiger charge is 2.13. The summed E-state index contributed by atoms with van der Waals surface area (Å²) in [5.41, 5.74) is 3.00. The molecule has 0 saturated carbocycles. The summed E-state index contributed by atoms with van der Waals surface area (Å²) in [4.78, 5) is 16.6. The Balaban J connectivity index is 2.07. The molecule has 110 valence electrons. The van der Waals surface area contributed by atoms with Gasteiger partial charge in [0.05, 0.1) is 11.2 Å². The molecule has 0 bridgehead atoms. The van der Waals surface area contributed by atoms with Crippen LogP contribution < -0.4 is 0 Å². The molecule has 0 radical (unpaired) electrons. The highest BCUT2D eigenvalue weighted by Crippen LogP contribution is 2.30. The van der Waals surface area contributed by atoms with E-state index in [1.165, 1.54) is 0 Å². The van der Waals surface area contributed by atoms with Gasteiger partial charge in [-0.25, -0.2) is 4.98 Å². The van der Waals surface area contributed by atoms with Gasteiger partial charge in [0, 0.05) is 16.5 Å². The van der Waals surface area contributed by atoms with Crippen LogP contribution in [0.5, 0.6) is 0 Å². The molecule has 1 heterocycles. The third kappa shape index (κ3) is 2.37.